The van der Waals surface area contributed by atoms with Crippen molar-refractivity contribution in [2.24, 2.45) is 5.73 Å². The van der Waals surface area contributed by atoms with E-state index in [1.807, 2.05) is 30.3 Å². The van der Waals surface area contributed by atoms with E-state index in [9.17, 15) is 14.0 Å². The predicted octanol–water partition coefficient (Wildman–Crippen LogP) is 4.49. The number of methoxy groups -OCH3 is 1. The Morgan fingerprint density at radius 1 is 1.09 bits per heavy atom. The lowest BCUT2D eigenvalue weighted by Crippen LogP contribution is -2.23. The van der Waals surface area contributed by atoms with Gasteiger partial charge in [0.25, 0.3) is 11.8 Å². The first-order chi connectivity index (χ1) is 16.0. The van der Waals surface area contributed by atoms with Gasteiger partial charge in [-0.1, -0.05) is 30.3 Å². The molecule has 2 aromatic carbocycles. The second-order valence-corrected chi connectivity index (χ2v) is 7.80. The van der Waals surface area contributed by atoms with Gasteiger partial charge in [-0.2, -0.15) is 0 Å². The van der Waals surface area contributed by atoms with Gasteiger partial charge >= 0.3 is 0 Å². The summed E-state index contributed by atoms with van der Waals surface area (Å²) in [6.07, 6.45) is 5.28. The molecule has 3 aromatic rings. The van der Waals surface area contributed by atoms with E-state index < -0.39 is 17.6 Å². The highest BCUT2D eigenvalue weighted by Crippen LogP contribution is 2.30. The van der Waals surface area contributed by atoms with Crippen LogP contribution in [-0.4, -0.2) is 23.9 Å². The SMILES string of the molecule is COc1ccc(F)cc1C(=O)NCc1ccc(-c2nc(C3=CCCC3)ccc2C(N)=O)cc1. The molecule has 33 heavy (non-hydrogen) atoms. The van der Waals surface area contributed by atoms with Crippen molar-refractivity contribution in [3.8, 4) is 17.0 Å². The molecule has 0 bridgehead atoms. The summed E-state index contributed by atoms with van der Waals surface area (Å²) in [6, 6.07) is 14.7. The van der Waals surface area contributed by atoms with Gasteiger partial charge in [0.2, 0.25) is 0 Å². The Bertz CT molecular complexity index is 1240. The van der Waals surface area contributed by atoms with Crippen LogP contribution in [0, 0.1) is 5.82 Å². The summed E-state index contributed by atoms with van der Waals surface area (Å²) in [4.78, 5) is 29.2. The summed E-state index contributed by atoms with van der Waals surface area (Å²) in [6.45, 7) is 0.238. The molecular weight excluding hydrogens is 421 g/mol. The number of nitrogens with two attached hydrogens (primary N) is 1. The molecular formula is C26H24FN3O3. The first-order valence-corrected chi connectivity index (χ1v) is 10.7. The van der Waals surface area contributed by atoms with E-state index in [1.54, 1.807) is 6.07 Å². The number of carbonyl (C=O) groups excluding carboxylic acids is 2. The number of nitrogens with zero attached hydrogens (tertiary/aromatic N) is 1. The number of nitrogens with one attached hydrogen (secondary N) is 1. The van der Waals surface area contributed by atoms with Gasteiger partial charge in [0.15, 0.2) is 0 Å². The summed E-state index contributed by atoms with van der Waals surface area (Å²) in [7, 11) is 1.43. The molecule has 0 saturated carbocycles. The summed E-state index contributed by atoms with van der Waals surface area (Å²) in [5.41, 5.74) is 10.2. The second-order valence-electron chi connectivity index (χ2n) is 7.80. The number of carbonyl (C=O) groups is 2. The number of hydrogen-bond donors (Lipinski definition) is 2. The Morgan fingerprint density at radius 3 is 2.55 bits per heavy atom. The number of ether oxygens (including phenoxy) is 1. The molecule has 0 saturated heterocycles. The summed E-state index contributed by atoms with van der Waals surface area (Å²) < 4.78 is 18.7. The summed E-state index contributed by atoms with van der Waals surface area (Å²) >= 11 is 0. The zero-order valence-electron chi connectivity index (χ0n) is 18.2. The number of rotatable bonds is 7. The third kappa shape index (κ3) is 4.92. The lowest BCUT2D eigenvalue weighted by molar-refractivity contribution is 0.0946. The van der Waals surface area contributed by atoms with E-state index in [0.29, 0.717) is 17.0 Å². The number of aromatic nitrogens is 1. The topological polar surface area (TPSA) is 94.3 Å². The molecule has 3 N–H and O–H groups in total. The number of pyridine rings is 1. The standard InChI is InChI=1S/C26H24FN3O3/c1-33-23-13-10-19(27)14-21(23)26(32)29-15-16-6-8-18(9-7-16)24-20(25(28)31)11-12-22(30-24)17-4-2-3-5-17/h4,6-14H,2-3,5,15H2,1H3,(H2,28,31)(H,29,32). The molecule has 168 valence electrons. The fraction of sp³-hybridized carbons (Fsp3) is 0.192. The molecule has 2 amide bonds. The average molecular weight is 445 g/mol. The van der Waals surface area contributed by atoms with Gasteiger partial charge in [0, 0.05) is 12.1 Å². The van der Waals surface area contributed by atoms with Crippen molar-refractivity contribution in [3.63, 3.8) is 0 Å². The van der Waals surface area contributed by atoms with Gasteiger partial charge in [0.1, 0.15) is 11.6 Å². The maximum atomic E-state index is 13.6. The van der Waals surface area contributed by atoms with Crippen molar-refractivity contribution in [2.75, 3.05) is 7.11 Å². The lowest BCUT2D eigenvalue weighted by Gasteiger charge is -2.12. The van der Waals surface area contributed by atoms with Crippen molar-refractivity contribution >= 4 is 17.4 Å². The first kappa shape index (κ1) is 22.2. The number of amides is 2. The number of halogens is 1. The van der Waals surface area contributed by atoms with Crippen LogP contribution >= 0.6 is 0 Å². The average Bonchev–Trinajstić information content (AvgIpc) is 3.37. The van der Waals surface area contributed by atoms with E-state index in [1.165, 1.54) is 24.8 Å². The smallest absolute Gasteiger partial charge is 0.255 e. The van der Waals surface area contributed by atoms with Crippen LogP contribution in [0.5, 0.6) is 5.75 Å². The molecule has 0 aliphatic heterocycles. The van der Waals surface area contributed by atoms with E-state index in [0.717, 1.165) is 42.1 Å². The van der Waals surface area contributed by atoms with Crippen LogP contribution in [0.2, 0.25) is 0 Å². The van der Waals surface area contributed by atoms with E-state index in [4.69, 9.17) is 15.5 Å². The van der Waals surface area contributed by atoms with Crippen LogP contribution in [-0.2, 0) is 6.54 Å². The monoisotopic (exact) mass is 445 g/mol. The Kier molecular flexibility index (Phi) is 6.49. The Morgan fingerprint density at radius 2 is 1.88 bits per heavy atom. The highest BCUT2D eigenvalue weighted by atomic mass is 19.1. The van der Waals surface area contributed by atoms with Crippen molar-refractivity contribution in [1.29, 1.82) is 0 Å². The van der Waals surface area contributed by atoms with Crippen molar-refractivity contribution < 1.29 is 18.7 Å². The predicted molar refractivity (Wildman–Crippen MR) is 124 cm³/mol. The molecule has 7 heteroatoms. The van der Waals surface area contributed by atoms with E-state index in [-0.39, 0.29) is 12.1 Å². The van der Waals surface area contributed by atoms with Crippen LogP contribution in [0.1, 0.15) is 51.2 Å². The lowest BCUT2D eigenvalue weighted by atomic mass is 10.0. The van der Waals surface area contributed by atoms with Crippen molar-refractivity contribution in [2.45, 2.75) is 25.8 Å². The molecule has 0 unspecified atom stereocenters. The van der Waals surface area contributed by atoms with Gasteiger partial charge in [-0.3, -0.25) is 9.59 Å². The van der Waals surface area contributed by atoms with Gasteiger partial charge in [-0.05, 0) is 60.7 Å². The fourth-order valence-corrected chi connectivity index (χ4v) is 3.88. The summed E-state index contributed by atoms with van der Waals surface area (Å²) in [5.74, 6) is -1.19. The minimum Gasteiger partial charge on any atom is -0.496 e. The Balaban J connectivity index is 1.53. The van der Waals surface area contributed by atoms with Gasteiger partial charge in [-0.15, -0.1) is 0 Å². The molecule has 1 aliphatic rings. The molecule has 1 heterocycles. The summed E-state index contributed by atoms with van der Waals surface area (Å²) in [5, 5.41) is 2.77. The van der Waals surface area contributed by atoms with Gasteiger partial charge in [-0.25, -0.2) is 9.37 Å². The molecule has 0 spiro atoms. The molecule has 6 nitrogen and oxygen atoms in total. The number of hydrogen-bond acceptors (Lipinski definition) is 4. The molecule has 1 aromatic heterocycles. The third-order valence-corrected chi connectivity index (χ3v) is 5.62. The van der Waals surface area contributed by atoms with Gasteiger partial charge in [0.05, 0.1) is 29.6 Å². The van der Waals surface area contributed by atoms with Gasteiger partial charge < -0.3 is 15.8 Å². The van der Waals surface area contributed by atoms with Crippen LogP contribution in [0.3, 0.4) is 0 Å². The van der Waals surface area contributed by atoms with Crippen molar-refractivity contribution in [3.05, 3.63) is 88.9 Å². The maximum absolute atomic E-state index is 13.6. The highest BCUT2D eigenvalue weighted by molar-refractivity contribution is 5.99. The molecule has 0 radical (unpaired) electrons. The first-order valence-electron chi connectivity index (χ1n) is 10.7. The van der Waals surface area contributed by atoms with Crippen LogP contribution in [0.25, 0.3) is 16.8 Å². The van der Waals surface area contributed by atoms with Crippen molar-refractivity contribution in [1.82, 2.24) is 10.3 Å². The number of allylic oxidation sites excluding steroid dienone is 2. The van der Waals surface area contributed by atoms with E-state index >= 15 is 0 Å². The van der Waals surface area contributed by atoms with Crippen LogP contribution in [0.15, 0.2) is 60.7 Å². The highest BCUT2D eigenvalue weighted by Gasteiger charge is 2.17. The van der Waals surface area contributed by atoms with Crippen LogP contribution < -0.4 is 15.8 Å². The maximum Gasteiger partial charge on any atom is 0.255 e. The molecule has 4 rings (SSSR count). The normalized spacial score (nSPS) is 12.8. The third-order valence-electron chi connectivity index (χ3n) is 5.62. The quantitative estimate of drug-likeness (QED) is 0.560. The largest absolute Gasteiger partial charge is 0.496 e. The zero-order chi connectivity index (χ0) is 23.4. The zero-order valence-corrected chi connectivity index (χ0v) is 18.2. The Hall–Kier alpha value is -4.00. The number of benzene rings is 2. The fourth-order valence-electron chi connectivity index (χ4n) is 3.88. The van der Waals surface area contributed by atoms with Crippen LogP contribution in [0.4, 0.5) is 4.39 Å². The molecule has 0 fully saturated rings. The van der Waals surface area contributed by atoms with E-state index in [2.05, 4.69) is 11.4 Å². The molecule has 0 atom stereocenters. The minimum absolute atomic E-state index is 0.127. The number of primary amides is 1. The second kappa shape index (κ2) is 9.65. The Labute approximate surface area is 191 Å². The molecule has 1 aliphatic carbocycles. The minimum atomic E-state index is -0.537.